The maximum atomic E-state index is 14.1. The number of β-lactam (4-membered cyclic amide) rings is 1. The van der Waals surface area contributed by atoms with Crippen molar-refractivity contribution in [3.05, 3.63) is 118 Å². The number of aryl methyl sites for hydroxylation is 2. The predicted molar refractivity (Wildman–Crippen MR) is 233 cm³/mol. The van der Waals surface area contributed by atoms with E-state index >= 15 is 0 Å². The minimum atomic E-state index is -1.67. The Bertz CT molecular complexity index is 2930. The minimum Gasteiger partial charge on any atom is -0.462 e. The molecule has 1 saturated heterocycles. The van der Waals surface area contributed by atoms with Gasteiger partial charge < -0.3 is 14.8 Å². The van der Waals surface area contributed by atoms with Crippen LogP contribution in [-0.2, 0) is 11.2 Å². The molecule has 0 bridgehead atoms. The number of nitrogens with one attached hydrogen (secondary N) is 2. The van der Waals surface area contributed by atoms with Gasteiger partial charge in [-0.15, -0.1) is 6.42 Å². The Labute approximate surface area is 350 Å². The number of ether oxygens (including phenoxy) is 2. The van der Waals surface area contributed by atoms with Gasteiger partial charge in [-0.05, 0) is 139 Å². The maximum absolute atomic E-state index is 14.1. The molecular weight excluding hydrogens is 747 g/mol. The molecule has 9 nitrogen and oxygen atoms in total. The van der Waals surface area contributed by atoms with Gasteiger partial charge in [0.1, 0.15) is 16.9 Å². The fraction of sp³-hybridized carbons (Fsp3) is 0.294. The highest BCUT2D eigenvalue weighted by Crippen LogP contribution is 2.47. The first-order chi connectivity index (χ1) is 29.0. The highest BCUT2D eigenvalue weighted by atomic mass is 16.5. The molecule has 2 fully saturated rings. The molecule has 1 amide bonds. The second-order valence-electron chi connectivity index (χ2n) is 16.4. The molecule has 1 aliphatic heterocycles. The van der Waals surface area contributed by atoms with E-state index in [4.69, 9.17) is 27.5 Å². The second kappa shape index (κ2) is 15.8. The number of rotatable bonds is 7. The van der Waals surface area contributed by atoms with Crippen LogP contribution in [0.4, 0.5) is 5.69 Å². The lowest BCUT2D eigenvalue weighted by Gasteiger charge is -2.54. The highest BCUT2D eigenvalue weighted by molar-refractivity contribution is 6.05. The number of hydrogen-bond donors (Lipinski definition) is 2. The average Bonchev–Trinajstić information content (AvgIpc) is 3.78. The number of hydrogen-bond acceptors (Lipinski definition) is 5. The summed E-state index contributed by atoms with van der Waals surface area (Å²) in [6.07, 6.45) is 14.2. The van der Waals surface area contributed by atoms with Gasteiger partial charge in [-0.25, -0.2) is 19.1 Å². The van der Waals surface area contributed by atoms with Crippen LogP contribution in [0.1, 0.15) is 72.9 Å². The van der Waals surface area contributed by atoms with Crippen molar-refractivity contribution in [1.29, 1.82) is 0 Å². The van der Waals surface area contributed by atoms with E-state index in [-0.39, 0.29) is 11.6 Å². The third kappa shape index (κ3) is 6.88. The van der Waals surface area contributed by atoms with Crippen LogP contribution in [0.15, 0.2) is 78.9 Å². The Morgan fingerprint density at radius 3 is 2.52 bits per heavy atom. The largest absolute Gasteiger partial charge is 0.462 e. The number of fused-ring (bicyclic) bond motifs is 2. The molecule has 5 aromatic rings. The maximum Gasteiger partial charge on any atom is 0.344 e. The third-order valence-corrected chi connectivity index (χ3v) is 12.2. The molecule has 60 heavy (non-hydrogen) atoms. The molecule has 3 heterocycles. The van der Waals surface area contributed by atoms with Gasteiger partial charge in [0.25, 0.3) is 17.2 Å². The van der Waals surface area contributed by atoms with Crippen molar-refractivity contribution in [3.8, 4) is 59.5 Å². The van der Waals surface area contributed by atoms with Crippen molar-refractivity contribution in [3.63, 3.8) is 0 Å². The third-order valence-electron chi connectivity index (χ3n) is 12.2. The zero-order chi connectivity index (χ0) is 42.2. The number of H-pyrrole nitrogens is 1. The van der Waals surface area contributed by atoms with E-state index in [1.807, 2.05) is 86.7 Å². The topological polar surface area (TPSA) is 102 Å². The quantitative estimate of drug-likeness (QED) is 0.0744. The van der Waals surface area contributed by atoms with E-state index in [9.17, 15) is 9.59 Å². The Morgan fingerprint density at radius 1 is 1.02 bits per heavy atom. The fourth-order valence-corrected chi connectivity index (χ4v) is 9.42. The van der Waals surface area contributed by atoms with Crippen LogP contribution in [0, 0.1) is 92.0 Å². The molecule has 3 aromatic carbocycles. The predicted octanol–water partition coefficient (Wildman–Crippen LogP) is 8.74. The molecule has 8 rings (SSSR count). The van der Waals surface area contributed by atoms with Crippen molar-refractivity contribution in [2.45, 2.75) is 71.4 Å². The van der Waals surface area contributed by atoms with Gasteiger partial charge in [-0.3, -0.25) is 9.89 Å². The zero-order valence-electron chi connectivity index (χ0n) is 34.2. The summed E-state index contributed by atoms with van der Waals surface area (Å²) in [6, 6.07) is 18.9. The molecule has 9 heteroatoms. The van der Waals surface area contributed by atoms with Gasteiger partial charge >= 0.3 is 5.97 Å². The van der Waals surface area contributed by atoms with Crippen LogP contribution < -0.4 is 14.8 Å². The van der Waals surface area contributed by atoms with E-state index in [2.05, 4.69) is 77.5 Å². The van der Waals surface area contributed by atoms with Crippen LogP contribution >= 0.6 is 0 Å². The lowest BCUT2D eigenvalue weighted by Crippen LogP contribution is -2.82. The van der Waals surface area contributed by atoms with Gasteiger partial charge in [0.2, 0.25) is 5.88 Å². The number of benzene rings is 3. The van der Waals surface area contributed by atoms with E-state index in [0.717, 1.165) is 40.3 Å². The number of amides is 1. The van der Waals surface area contributed by atoms with Crippen molar-refractivity contribution < 1.29 is 19.1 Å². The molecule has 4 unspecified atom stereocenters. The minimum absolute atomic E-state index is 0.0770. The Morgan fingerprint density at radius 2 is 1.77 bits per heavy atom. The normalized spacial score (nSPS) is 23.9. The van der Waals surface area contributed by atoms with Crippen LogP contribution in [-0.4, -0.2) is 37.6 Å². The SMILES string of the molecule is [C-]#[N+]c1c(CC2C(C)CC(C)CC2C)c2nc(C3=CC4(CC=C3)NC(=O)C4(C#CC#CC#CC#C)Oc3ccc(C)cc3C)[nH]n2c1OC(=O)c1cccc2ccccc12. The number of carbonyl (C=O) groups is 2. The molecule has 2 aliphatic carbocycles. The summed E-state index contributed by atoms with van der Waals surface area (Å²) in [4.78, 5) is 37.1. The fourth-order valence-electron chi connectivity index (χ4n) is 9.42. The number of aromatic nitrogens is 3. The Balaban J connectivity index is 1.25. The number of carbonyl (C=O) groups excluding carboxylic acids is 2. The van der Waals surface area contributed by atoms with Crippen LogP contribution in [0.5, 0.6) is 11.6 Å². The molecule has 2 aromatic heterocycles. The molecule has 0 radical (unpaired) electrons. The Kier molecular flexibility index (Phi) is 10.4. The second-order valence-corrected chi connectivity index (χ2v) is 16.4. The van der Waals surface area contributed by atoms with Crippen molar-refractivity contribution >= 4 is 39.6 Å². The molecule has 4 atom stereocenters. The molecule has 2 N–H and O–H groups in total. The van der Waals surface area contributed by atoms with Crippen molar-refractivity contribution in [1.82, 2.24) is 19.9 Å². The van der Waals surface area contributed by atoms with Crippen molar-refractivity contribution in [2.75, 3.05) is 0 Å². The molecule has 1 spiro atoms. The zero-order valence-corrected chi connectivity index (χ0v) is 34.2. The number of aromatic amines is 1. The standard InChI is InChI=1S/C51H43N5O4/c1-8-9-10-11-12-15-26-51(60-43-24-23-32(2)27-36(43)6)49(58)54-50(51)25-17-20-38(31-50)45-53-46-42(30-41-34(4)28-33(3)29-35(41)5)44(52-7)47(56(46)55-45)59-48(57)40-22-16-19-37-18-13-14-21-39(37)40/h1,13-14,16-24,27,31,33-35,41H,25,28-30H2,2-6H3,(H,53,55)(H,54,58). The highest BCUT2D eigenvalue weighted by Gasteiger charge is 2.67. The summed E-state index contributed by atoms with van der Waals surface area (Å²) in [5.41, 5.74) is 1.62. The lowest BCUT2D eigenvalue weighted by atomic mass is 9.66. The molecule has 1 saturated carbocycles. The van der Waals surface area contributed by atoms with Crippen LogP contribution in [0.25, 0.3) is 26.8 Å². The van der Waals surface area contributed by atoms with Gasteiger partial charge in [-0.1, -0.05) is 87.0 Å². The van der Waals surface area contributed by atoms with Crippen molar-refractivity contribution in [2.24, 2.45) is 23.7 Å². The van der Waals surface area contributed by atoms with Gasteiger partial charge in [-0.2, -0.15) is 0 Å². The van der Waals surface area contributed by atoms with Crippen LogP contribution in [0.3, 0.4) is 0 Å². The summed E-state index contributed by atoms with van der Waals surface area (Å²) in [7, 11) is 0. The monoisotopic (exact) mass is 789 g/mol. The van der Waals surface area contributed by atoms with Gasteiger partial charge in [0.05, 0.1) is 12.1 Å². The number of terminal acetylenes is 1. The van der Waals surface area contributed by atoms with E-state index < -0.39 is 23.0 Å². The lowest BCUT2D eigenvalue weighted by molar-refractivity contribution is -0.154. The first kappa shape index (κ1) is 39.4. The number of allylic oxidation sites excluding steroid dienone is 2. The number of nitrogens with zero attached hydrogens (tertiary/aromatic N) is 3. The number of esters is 1. The van der Waals surface area contributed by atoms with E-state index in [1.165, 1.54) is 0 Å². The summed E-state index contributed by atoms with van der Waals surface area (Å²) >= 11 is 0. The van der Waals surface area contributed by atoms with Crippen LogP contribution in [0.2, 0.25) is 0 Å². The molecule has 296 valence electrons. The van der Waals surface area contributed by atoms with E-state index in [0.29, 0.717) is 64.9 Å². The summed E-state index contributed by atoms with van der Waals surface area (Å²) < 4.78 is 14.5. The summed E-state index contributed by atoms with van der Waals surface area (Å²) in [5.74, 6) is 20.2. The average molecular weight is 790 g/mol. The summed E-state index contributed by atoms with van der Waals surface area (Å²) in [6.45, 7) is 19.2. The molecule has 3 aliphatic rings. The molecular formula is C51H43N5O4. The first-order valence-corrected chi connectivity index (χ1v) is 20.1. The van der Waals surface area contributed by atoms with E-state index in [1.54, 1.807) is 10.6 Å². The van der Waals surface area contributed by atoms with Gasteiger partial charge in [0.15, 0.2) is 5.82 Å². The summed E-state index contributed by atoms with van der Waals surface area (Å²) in [5, 5.41) is 8.12. The Hall–Kier alpha value is -7.38. The first-order valence-electron chi connectivity index (χ1n) is 20.1. The smallest absolute Gasteiger partial charge is 0.344 e. The van der Waals surface area contributed by atoms with Gasteiger partial charge in [0, 0.05) is 11.1 Å².